The molecule has 2 aliphatic rings. The van der Waals surface area contributed by atoms with Gasteiger partial charge >= 0.3 is 5.69 Å². The predicted molar refractivity (Wildman–Crippen MR) is 101 cm³/mol. The number of aliphatic hydroxyl groups excluding tert-OH is 1. The van der Waals surface area contributed by atoms with E-state index >= 15 is 0 Å². The van der Waals surface area contributed by atoms with E-state index in [1.54, 1.807) is 16.8 Å². The van der Waals surface area contributed by atoms with Crippen LogP contribution in [0.1, 0.15) is 31.4 Å². The number of nitrogens with zero attached hydrogens (tertiary/aromatic N) is 5. The Morgan fingerprint density at radius 2 is 2.18 bits per heavy atom. The van der Waals surface area contributed by atoms with Crippen LogP contribution >= 0.6 is 0 Å². The smallest absolute Gasteiger partial charge is 0.326 e. The van der Waals surface area contributed by atoms with E-state index in [1.807, 2.05) is 6.07 Å². The van der Waals surface area contributed by atoms with E-state index in [0.717, 1.165) is 43.5 Å². The van der Waals surface area contributed by atoms with Gasteiger partial charge in [0.2, 0.25) is 5.88 Å². The van der Waals surface area contributed by atoms with Gasteiger partial charge in [-0.3, -0.25) is 9.98 Å². The molecule has 3 aromatic rings. The number of aromatic hydroxyl groups is 1. The molecule has 0 aromatic carbocycles. The Balaban J connectivity index is 1.72. The second kappa shape index (κ2) is 6.48. The second-order valence-corrected chi connectivity index (χ2v) is 7.33. The molecule has 1 aliphatic heterocycles. The third kappa shape index (κ3) is 2.95. The summed E-state index contributed by atoms with van der Waals surface area (Å²) in [5.74, 6) is 0.522. The van der Waals surface area contributed by atoms with Crippen LogP contribution < -0.4 is 21.3 Å². The molecule has 1 atom stereocenters. The fraction of sp³-hybridized carbons (Fsp3) is 0.444. The fourth-order valence-electron chi connectivity index (χ4n) is 3.66. The normalized spacial score (nSPS) is 21.3. The Bertz CT molecular complexity index is 1200. The van der Waals surface area contributed by atoms with E-state index in [1.165, 1.54) is 0 Å². The van der Waals surface area contributed by atoms with E-state index in [4.69, 9.17) is 9.98 Å². The summed E-state index contributed by atoms with van der Waals surface area (Å²) < 4.78 is 1.68. The molecular formula is C18H21N7O3. The number of hydrogen-bond donors (Lipinski definition) is 4. The fourth-order valence-corrected chi connectivity index (χ4v) is 3.66. The monoisotopic (exact) mass is 383 g/mol. The number of anilines is 1. The summed E-state index contributed by atoms with van der Waals surface area (Å²) in [6.45, 7) is 0.912. The molecule has 28 heavy (non-hydrogen) atoms. The number of rotatable bonds is 4. The van der Waals surface area contributed by atoms with Crippen LogP contribution in [0.4, 0.5) is 5.82 Å². The van der Waals surface area contributed by atoms with E-state index in [2.05, 4.69) is 20.0 Å². The zero-order valence-corrected chi connectivity index (χ0v) is 15.2. The van der Waals surface area contributed by atoms with Crippen molar-refractivity contribution in [3.05, 3.63) is 39.1 Å². The summed E-state index contributed by atoms with van der Waals surface area (Å²) in [4.78, 5) is 27.9. The number of H-pyrrole nitrogens is 2. The Morgan fingerprint density at radius 3 is 2.89 bits per heavy atom. The van der Waals surface area contributed by atoms with Crippen molar-refractivity contribution < 1.29 is 10.2 Å². The minimum atomic E-state index is -0.485. The lowest BCUT2D eigenvalue weighted by Crippen LogP contribution is -2.34. The summed E-state index contributed by atoms with van der Waals surface area (Å²) in [5.41, 5.74) is 1.09. The van der Waals surface area contributed by atoms with Crippen LogP contribution in [0, 0.1) is 0 Å². The van der Waals surface area contributed by atoms with Crippen molar-refractivity contribution in [2.75, 3.05) is 18.1 Å². The van der Waals surface area contributed by atoms with Crippen molar-refractivity contribution in [2.24, 2.45) is 4.99 Å². The Labute approximate surface area is 158 Å². The number of aromatic amines is 2. The van der Waals surface area contributed by atoms with Crippen LogP contribution in [0.25, 0.3) is 11.7 Å². The van der Waals surface area contributed by atoms with Gasteiger partial charge < -0.3 is 20.1 Å². The van der Waals surface area contributed by atoms with Crippen molar-refractivity contribution in [1.29, 1.82) is 0 Å². The topological polar surface area (TPSA) is 135 Å². The number of fused-ring (bicyclic) bond motifs is 1. The molecule has 10 heteroatoms. The number of aromatic nitrogens is 5. The molecule has 10 nitrogen and oxygen atoms in total. The molecule has 2 fully saturated rings. The van der Waals surface area contributed by atoms with Gasteiger partial charge in [-0.2, -0.15) is 9.61 Å². The van der Waals surface area contributed by atoms with Gasteiger partial charge in [0.05, 0.1) is 24.9 Å². The first-order valence-electron chi connectivity index (χ1n) is 9.45. The van der Waals surface area contributed by atoms with E-state index < -0.39 is 5.69 Å². The van der Waals surface area contributed by atoms with Crippen LogP contribution in [0.15, 0.2) is 22.1 Å². The Kier molecular flexibility index (Phi) is 3.93. The minimum Gasteiger partial charge on any atom is -0.493 e. The maximum absolute atomic E-state index is 11.4. The average Bonchev–Trinajstić information content (AvgIpc) is 3.08. The number of imidazole rings is 1. The highest BCUT2D eigenvalue weighted by Gasteiger charge is 2.26. The van der Waals surface area contributed by atoms with Gasteiger partial charge in [-0.05, 0) is 31.8 Å². The number of aliphatic hydroxyl groups is 1. The number of hydrogen-bond acceptors (Lipinski definition) is 7. The van der Waals surface area contributed by atoms with Crippen molar-refractivity contribution in [2.45, 2.75) is 37.8 Å². The highest BCUT2D eigenvalue weighted by Crippen LogP contribution is 2.24. The second-order valence-electron chi connectivity index (χ2n) is 7.33. The number of nitrogens with one attached hydrogen (secondary N) is 2. The first kappa shape index (κ1) is 17.0. The first-order chi connectivity index (χ1) is 13.6. The van der Waals surface area contributed by atoms with Gasteiger partial charge in [0.1, 0.15) is 11.5 Å². The van der Waals surface area contributed by atoms with Crippen LogP contribution in [-0.2, 0) is 0 Å². The van der Waals surface area contributed by atoms with Crippen molar-refractivity contribution in [3.8, 4) is 5.88 Å². The van der Waals surface area contributed by atoms with Crippen LogP contribution in [0.2, 0.25) is 0 Å². The van der Waals surface area contributed by atoms with E-state index in [-0.39, 0.29) is 24.2 Å². The summed E-state index contributed by atoms with van der Waals surface area (Å²) in [7, 11) is 0. The SMILES string of the molecule is O=c1[nH]c(O)c(C=c2cnn3c(=NC4CC4)cc(N4CCCC4CO)nc23)[nH]1. The highest BCUT2D eigenvalue weighted by molar-refractivity contribution is 5.58. The first-order valence-corrected chi connectivity index (χ1v) is 9.45. The van der Waals surface area contributed by atoms with Gasteiger partial charge in [-0.1, -0.05) is 0 Å². The van der Waals surface area contributed by atoms with Crippen molar-refractivity contribution in [3.63, 3.8) is 0 Å². The molecule has 0 amide bonds. The van der Waals surface area contributed by atoms with E-state index in [9.17, 15) is 15.0 Å². The third-order valence-corrected chi connectivity index (χ3v) is 5.25. The van der Waals surface area contributed by atoms with Gasteiger partial charge in [-0.15, -0.1) is 0 Å². The summed E-state index contributed by atoms with van der Waals surface area (Å²) >= 11 is 0. The van der Waals surface area contributed by atoms with Crippen molar-refractivity contribution >= 4 is 17.5 Å². The minimum absolute atomic E-state index is 0.0455. The molecule has 1 aliphatic carbocycles. The lowest BCUT2D eigenvalue weighted by atomic mass is 10.2. The molecule has 1 saturated heterocycles. The molecule has 3 aromatic heterocycles. The van der Waals surface area contributed by atoms with Gasteiger partial charge in [0.15, 0.2) is 11.1 Å². The maximum atomic E-state index is 11.4. The molecule has 146 valence electrons. The molecule has 1 unspecified atom stereocenters. The summed E-state index contributed by atoms with van der Waals surface area (Å²) in [5, 5.41) is 24.6. The Hall–Kier alpha value is -3.14. The van der Waals surface area contributed by atoms with Crippen molar-refractivity contribution in [1.82, 2.24) is 24.6 Å². The van der Waals surface area contributed by atoms with Crippen LogP contribution in [-0.4, -0.2) is 60.0 Å². The van der Waals surface area contributed by atoms with Gasteiger partial charge in [-0.25, -0.2) is 9.78 Å². The summed E-state index contributed by atoms with van der Waals surface area (Å²) in [6, 6.07) is 2.28. The maximum Gasteiger partial charge on any atom is 0.326 e. The molecule has 0 spiro atoms. The van der Waals surface area contributed by atoms with E-state index in [0.29, 0.717) is 16.9 Å². The van der Waals surface area contributed by atoms with Crippen LogP contribution in [0.3, 0.4) is 0 Å². The highest BCUT2D eigenvalue weighted by atomic mass is 16.3. The molecular weight excluding hydrogens is 362 g/mol. The Morgan fingerprint density at radius 1 is 1.32 bits per heavy atom. The predicted octanol–water partition coefficient (Wildman–Crippen LogP) is -0.977. The largest absolute Gasteiger partial charge is 0.493 e. The lowest BCUT2D eigenvalue weighted by molar-refractivity contribution is 0.266. The quantitative estimate of drug-likeness (QED) is 0.458. The molecule has 0 radical (unpaired) electrons. The molecule has 4 N–H and O–H groups in total. The van der Waals surface area contributed by atoms with Crippen LogP contribution in [0.5, 0.6) is 5.88 Å². The molecule has 5 rings (SSSR count). The zero-order chi connectivity index (χ0) is 19.3. The molecule has 1 saturated carbocycles. The third-order valence-electron chi connectivity index (χ3n) is 5.25. The average molecular weight is 383 g/mol. The molecule has 0 bridgehead atoms. The van der Waals surface area contributed by atoms with Gasteiger partial charge in [0, 0.05) is 17.8 Å². The molecule has 4 heterocycles. The van der Waals surface area contributed by atoms with Gasteiger partial charge in [0.25, 0.3) is 0 Å². The summed E-state index contributed by atoms with van der Waals surface area (Å²) in [6.07, 6.45) is 7.33. The standard InChI is InChI=1S/C18H21N7O3/c26-9-12-2-1-5-24(12)14-7-15(20-11-3-4-11)25-16(22-14)10(8-19-25)6-13-17(27)23-18(28)21-13/h6-8,11-12,26-27H,1-5,9H2,(H2,21,23,28). The zero-order valence-electron chi connectivity index (χ0n) is 15.2. The lowest BCUT2D eigenvalue weighted by Gasteiger charge is -2.24.